The highest BCUT2D eigenvalue weighted by Crippen LogP contribution is 2.36. The van der Waals surface area contributed by atoms with Crippen LogP contribution in [0, 0.1) is 12.7 Å². The second-order valence-electron chi connectivity index (χ2n) is 7.65. The summed E-state index contributed by atoms with van der Waals surface area (Å²) in [6.07, 6.45) is 1.60. The van der Waals surface area contributed by atoms with Crippen LogP contribution < -0.4 is 9.47 Å². The lowest BCUT2D eigenvalue weighted by atomic mass is 10.1. The molecule has 1 fully saturated rings. The predicted molar refractivity (Wildman–Crippen MR) is 131 cm³/mol. The zero-order valence-electron chi connectivity index (χ0n) is 18.5. The van der Waals surface area contributed by atoms with Gasteiger partial charge in [-0.15, -0.1) is 0 Å². The molecule has 5 nitrogen and oxygen atoms in total. The van der Waals surface area contributed by atoms with Crippen molar-refractivity contribution < 1.29 is 23.5 Å². The molecule has 1 heterocycles. The van der Waals surface area contributed by atoms with Crippen LogP contribution in [0.2, 0.25) is 5.02 Å². The molecule has 0 aliphatic carbocycles. The Bertz CT molecular complexity index is 1260. The maximum Gasteiger partial charge on any atom is 0.293 e. The zero-order chi connectivity index (χ0) is 24.2. The summed E-state index contributed by atoms with van der Waals surface area (Å²) in [5.41, 5.74) is 2.96. The first kappa shape index (κ1) is 23.9. The molecule has 174 valence electrons. The lowest BCUT2D eigenvalue weighted by Gasteiger charge is -2.14. The second-order valence-corrected chi connectivity index (χ2v) is 9.05. The van der Waals surface area contributed by atoms with E-state index in [4.69, 9.17) is 21.1 Å². The highest BCUT2D eigenvalue weighted by atomic mass is 35.5. The van der Waals surface area contributed by atoms with Crippen molar-refractivity contribution in [2.24, 2.45) is 0 Å². The van der Waals surface area contributed by atoms with Crippen molar-refractivity contribution in [3.8, 4) is 11.5 Å². The minimum absolute atomic E-state index is 0.101. The third-order valence-corrected chi connectivity index (χ3v) is 6.51. The van der Waals surface area contributed by atoms with Gasteiger partial charge >= 0.3 is 0 Å². The number of methoxy groups -OCH3 is 1. The smallest absolute Gasteiger partial charge is 0.293 e. The Morgan fingerprint density at radius 3 is 2.53 bits per heavy atom. The molecule has 1 aliphatic heterocycles. The largest absolute Gasteiger partial charge is 0.493 e. The number of benzene rings is 3. The summed E-state index contributed by atoms with van der Waals surface area (Å²) in [6.45, 7) is 2.17. The van der Waals surface area contributed by atoms with Crippen LogP contribution in [0.5, 0.6) is 11.5 Å². The molecule has 0 spiro atoms. The van der Waals surface area contributed by atoms with Gasteiger partial charge in [0.1, 0.15) is 12.4 Å². The maximum atomic E-state index is 14.1. The minimum Gasteiger partial charge on any atom is -0.493 e. The number of ether oxygens (including phenoxy) is 2. The van der Waals surface area contributed by atoms with E-state index in [2.05, 4.69) is 0 Å². The molecule has 34 heavy (non-hydrogen) atoms. The number of aryl methyl sites for hydroxylation is 1. The van der Waals surface area contributed by atoms with E-state index < -0.39 is 17.0 Å². The molecular formula is C26H21ClFNO4S. The highest BCUT2D eigenvalue weighted by molar-refractivity contribution is 8.18. The second kappa shape index (κ2) is 10.3. The lowest BCUT2D eigenvalue weighted by molar-refractivity contribution is -0.123. The molecule has 1 saturated heterocycles. The molecular weight excluding hydrogens is 477 g/mol. The molecule has 0 bridgehead atoms. The molecule has 0 aromatic heterocycles. The van der Waals surface area contributed by atoms with E-state index in [9.17, 15) is 14.0 Å². The molecule has 3 aromatic rings. The van der Waals surface area contributed by atoms with E-state index in [-0.39, 0.29) is 22.0 Å². The van der Waals surface area contributed by atoms with Crippen LogP contribution in [-0.4, -0.2) is 23.2 Å². The van der Waals surface area contributed by atoms with Crippen molar-refractivity contribution in [3.05, 3.63) is 98.7 Å². The Labute approximate surface area is 206 Å². The van der Waals surface area contributed by atoms with Crippen LogP contribution in [0.4, 0.5) is 9.18 Å². The number of nitrogens with zero attached hydrogens (tertiary/aromatic N) is 1. The van der Waals surface area contributed by atoms with Crippen LogP contribution >= 0.6 is 23.4 Å². The van der Waals surface area contributed by atoms with Gasteiger partial charge < -0.3 is 9.47 Å². The first-order valence-electron chi connectivity index (χ1n) is 10.4. The summed E-state index contributed by atoms with van der Waals surface area (Å²) < 4.78 is 25.5. The molecule has 0 N–H and O–H groups in total. The van der Waals surface area contributed by atoms with Crippen molar-refractivity contribution in [1.82, 2.24) is 4.90 Å². The Kier molecular flexibility index (Phi) is 7.24. The van der Waals surface area contributed by atoms with E-state index >= 15 is 0 Å². The summed E-state index contributed by atoms with van der Waals surface area (Å²) in [4.78, 5) is 26.5. The standard InChI is InChI=1S/C26H21ClFNO4S/c1-16-6-8-17(9-7-16)15-33-22-11-10-18(12-23(22)32-2)13-24-25(30)29(26(31)34-24)14-19-20(27)4-3-5-21(19)28/h3-13H,14-15H2,1-2H3. The minimum atomic E-state index is -0.568. The van der Waals surface area contributed by atoms with Crippen molar-refractivity contribution in [3.63, 3.8) is 0 Å². The number of hydrogen-bond acceptors (Lipinski definition) is 5. The fraction of sp³-hybridized carbons (Fsp3) is 0.154. The number of thioether (sulfide) groups is 1. The van der Waals surface area contributed by atoms with Gasteiger partial charge in [0.2, 0.25) is 0 Å². The van der Waals surface area contributed by atoms with Crippen molar-refractivity contribution in [2.75, 3.05) is 7.11 Å². The number of amides is 2. The van der Waals surface area contributed by atoms with Crippen molar-refractivity contribution in [2.45, 2.75) is 20.1 Å². The fourth-order valence-corrected chi connectivity index (χ4v) is 4.43. The molecule has 0 radical (unpaired) electrons. The summed E-state index contributed by atoms with van der Waals surface area (Å²) in [5.74, 6) is -0.0183. The van der Waals surface area contributed by atoms with E-state index in [0.29, 0.717) is 23.7 Å². The average Bonchev–Trinajstić information content (AvgIpc) is 3.08. The quantitative estimate of drug-likeness (QED) is 0.344. The number of halogens is 2. The van der Waals surface area contributed by atoms with E-state index in [1.165, 1.54) is 30.9 Å². The van der Waals surface area contributed by atoms with Gasteiger partial charge in [-0.05, 0) is 60.2 Å². The number of imide groups is 1. The Balaban J connectivity index is 1.50. The van der Waals surface area contributed by atoms with Gasteiger partial charge in [0, 0.05) is 10.6 Å². The Morgan fingerprint density at radius 1 is 1.06 bits per heavy atom. The Hall–Kier alpha value is -3.29. The number of hydrogen-bond donors (Lipinski definition) is 0. The van der Waals surface area contributed by atoms with Crippen LogP contribution in [0.25, 0.3) is 6.08 Å². The molecule has 8 heteroatoms. The first-order valence-corrected chi connectivity index (χ1v) is 11.6. The molecule has 2 amide bonds. The van der Waals surface area contributed by atoms with Crippen LogP contribution in [-0.2, 0) is 17.9 Å². The SMILES string of the molecule is COc1cc(C=C2SC(=O)N(Cc3c(F)cccc3Cl)C2=O)ccc1OCc1ccc(C)cc1. The number of carbonyl (C=O) groups excluding carboxylic acids is 2. The fourth-order valence-electron chi connectivity index (χ4n) is 3.37. The molecule has 4 rings (SSSR count). The molecule has 0 saturated carbocycles. The lowest BCUT2D eigenvalue weighted by Crippen LogP contribution is -2.28. The summed E-state index contributed by atoms with van der Waals surface area (Å²) in [7, 11) is 1.53. The summed E-state index contributed by atoms with van der Waals surface area (Å²) in [5, 5.41) is -0.324. The Morgan fingerprint density at radius 2 is 1.82 bits per heavy atom. The molecule has 0 atom stereocenters. The number of carbonyl (C=O) groups is 2. The third kappa shape index (κ3) is 5.26. The zero-order valence-corrected chi connectivity index (χ0v) is 20.1. The van der Waals surface area contributed by atoms with Gasteiger partial charge in [-0.1, -0.05) is 53.6 Å². The van der Waals surface area contributed by atoms with E-state index in [1.54, 1.807) is 24.3 Å². The van der Waals surface area contributed by atoms with Crippen LogP contribution in [0.3, 0.4) is 0 Å². The van der Waals surface area contributed by atoms with Gasteiger partial charge in [0.25, 0.3) is 11.1 Å². The van der Waals surface area contributed by atoms with E-state index in [1.807, 2.05) is 31.2 Å². The monoisotopic (exact) mass is 497 g/mol. The van der Waals surface area contributed by atoms with E-state index in [0.717, 1.165) is 22.2 Å². The highest BCUT2D eigenvalue weighted by Gasteiger charge is 2.36. The van der Waals surface area contributed by atoms with Gasteiger partial charge in [0.05, 0.1) is 18.6 Å². The van der Waals surface area contributed by atoms with Gasteiger partial charge in [-0.25, -0.2) is 4.39 Å². The van der Waals surface area contributed by atoms with Crippen LogP contribution in [0.15, 0.2) is 65.6 Å². The number of rotatable bonds is 7. The van der Waals surface area contributed by atoms with Crippen LogP contribution in [0.1, 0.15) is 22.3 Å². The average molecular weight is 498 g/mol. The van der Waals surface area contributed by atoms with Crippen molar-refractivity contribution >= 4 is 40.6 Å². The van der Waals surface area contributed by atoms with Gasteiger partial charge in [0.15, 0.2) is 11.5 Å². The van der Waals surface area contributed by atoms with Crippen molar-refractivity contribution in [1.29, 1.82) is 0 Å². The molecule has 1 aliphatic rings. The first-order chi connectivity index (χ1) is 16.4. The molecule has 3 aromatic carbocycles. The maximum absolute atomic E-state index is 14.1. The normalized spacial score (nSPS) is 14.7. The summed E-state index contributed by atoms with van der Waals surface area (Å²) >= 11 is 6.85. The topological polar surface area (TPSA) is 55.8 Å². The predicted octanol–water partition coefficient (Wildman–Crippen LogP) is 6.61. The van der Waals surface area contributed by atoms with Gasteiger partial charge in [-0.2, -0.15) is 0 Å². The third-order valence-electron chi connectivity index (χ3n) is 5.25. The van der Waals surface area contributed by atoms with Gasteiger partial charge in [-0.3, -0.25) is 14.5 Å². The summed E-state index contributed by atoms with van der Waals surface area (Å²) in [6, 6.07) is 17.5. The molecule has 0 unspecified atom stereocenters.